The third kappa shape index (κ3) is 2.90. The number of hydrogen-bond donors (Lipinski definition) is 3. The van der Waals surface area contributed by atoms with Gasteiger partial charge < -0.3 is 10.8 Å². The lowest BCUT2D eigenvalue weighted by molar-refractivity contribution is -0.117. The Balaban J connectivity index is 3.46. The molecule has 0 saturated heterocycles. The van der Waals surface area contributed by atoms with Crippen LogP contribution in [0.1, 0.15) is 17.3 Å². The van der Waals surface area contributed by atoms with E-state index in [-0.39, 0.29) is 10.7 Å². The lowest BCUT2D eigenvalue weighted by atomic mass is 10.2. The van der Waals surface area contributed by atoms with Crippen LogP contribution in [0.3, 0.4) is 0 Å². The minimum absolute atomic E-state index is 0.172. The SMILES string of the molecule is CC(=O)NS(=O)(=O)c1cc(C(=O)O)c(N)cc1Cl. The Hall–Kier alpha value is -1.80. The van der Waals surface area contributed by atoms with Gasteiger partial charge in [-0.05, 0) is 12.1 Å². The number of amides is 1. The summed E-state index contributed by atoms with van der Waals surface area (Å²) in [5, 5.41) is 8.55. The van der Waals surface area contributed by atoms with Crippen LogP contribution in [0.4, 0.5) is 5.69 Å². The van der Waals surface area contributed by atoms with Gasteiger partial charge in [0.05, 0.1) is 10.6 Å². The van der Waals surface area contributed by atoms with Crippen molar-refractivity contribution >= 4 is 39.2 Å². The van der Waals surface area contributed by atoms with Crippen molar-refractivity contribution in [2.45, 2.75) is 11.8 Å². The zero-order valence-corrected chi connectivity index (χ0v) is 10.7. The minimum Gasteiger partial charge on any atom is -0.478 e. The molecule has 4 N–H and O–H groups in total. The van der Waals surface area contributed by atoms with Crippen LogP contribution < -0.4 is 10.5 Å². The number of halogens is 1. The first-order valence-corrected chi connectivity index (χ1v) is 6.37. The van der Waals surface area contributed by atoms with Crippen molar-refractivity contribution in [3.8, 4) is 0 Å². The Kier molecular flexibility index (Phi) is 3.82. The van der Waals surface area contributed by atoms with E-state index in [2.05, 4.69) is 0 Å². The van der Waals surface area contributed by atoms with Crippen LogP contribution in [-0.2, 0) is 14.8 Å². The molecule has 1 aromatic carbocycles. The van der Waals surface area contributed by atoms with Crippen LogP contribution in [-0.4, -0.2) is 25.4 Å². The maximum atomic E-state index is 11.7. The van der Waals surface area contributed by atoms with Gasteiger partial charge in [-0.15, -0.1) is 0 Å². The molecule has 0 aliphatic heterocycles. The highest BCUT2D eigenvalue weighted by molar-refractivity contribution is 7.90. The number of nitrogen functional groups attached to an aromatic ring is 1. The molecule has 1 amide bonds. The van der Waals surface area contributed by atoms with Crippen LogP contribution in [0.15, 0.2) is 17.0 Å². The van der Waals surface area contributed by atoms with Crippen molar-refractivity contribution in [2.75, 3.05) is 5.73 Å². The Morgan fingerprint density at radius 1 is 1.39 bits per heavy atom. The number of nitrogens with two attached hydrogens (primary N) is 1. The van der Waals surface area contributed by atoms with E-state index in [0.29, 0.717) is 0 Å². The van der Waals surface area contributed by atoms with Crippen LogP contribution in [0.5, 0.6) is 0 Å². The monoisotopic (exact) mass is 292 g/mol. The Morgan fingerprint density at radius 2 is 1.94 bits per heavy atom. The van der Waals surface area contributed by atoms with Crippen LogP contribution in [0.25, 0.3) is 0 Å². The maximum absolute atomic E-state index is 11.7. The van der Waals surface area contributed by atoms with E-state index in [0.717, 1.165) is 19.1 Å². The largest absolute Gasteiger partial charge is 0.478 e. The molecule has 1 aromatic rings. The number of nitrogens with one attached hydrogen (secondary N) is 1. The first kappa shape index (κ1) is 14.3. The van der Waals surface area contributed by atoms with Gasteiger partial charge in [0.1, 0.15) is 4.90 Å². The predicted octanol–water partition coefficient (Wildman–Crippen LogP) is 0.445. The number of carboxylic acids is 1. The summed E-state index contributed by atoms with van der Waals surface area (Å²) in [5.74, 6) is -2.22. The summed E-state index contributed by atoms with van der Waals surface area (Å²) in [5.41, 5.74) is 4.80. The Bertz CT molecular complexity index is 626. The van der Waals surface area contributed by atoms with Gasteiger partial charge in [0.15, 0.2) is 0 Å². The van der Waals surface area contributed by atoms with Crippen LogP contribution in [0.2, 0.25) is 5.02 Å². The second kappa shape index (κ2) is 4.83. The standard InChI is InChI=1S/C9H9ClN2O5S/c1-4(13)12-18(16,17)8-2-5(9(14)15)7(11)3-6(8)10/h2-3H,11H2,1H3,(H,12,13)(H,14,15). The average molecular weight is 293 g/mol. The van der Waals surface area contributed by atoms with Gasteiger partial charge in [-0.2, -0.15) is 0 Å². The third-order valence-corrected chi connectivity index (χ3v) is 3.80. The molecule has 0 fully saturated rings. The maximum Gasteiger partial charge on any atom is 0.337 e. The number of hydrogen-bond acceptors (Lipinski definition) is 5. The molecule has 0 spiro atoms. The molecule has 98 valence electrons. The van der Waals surface area contributed by atoms with E-state index in [1.165, 1.54) is 0 Å². The van der Waals surface area contributed by atoms with Gasteiger partial charge in [0, 0.05) is 12.6 Å². The fourth-order valence-corrected chi connectivity index (χ4v) is 2.76. The lowest BCUT2D eigenvalue weighted by Gasteiger charge is -2.09. The number of sulfonamides is 1. The first-order valence-electron chi connectivity index (χ1n) is 4.51. The van der Waals surface area contributed by atoms with E-state index in [1.807, 2.05) is 0 Å². The highest BCUT2D eigenvalue weighted by atomic mass is 35.5. The molecule has 0 atom stereocenters. The molecular formula is C9H9ClN2O5S. The molecule has 7 nitrogen and oxygen atoms in total. The fraction of sp³-hybridized carbons (Fsp3) is 0.111. The quantitative estimate of drug-likeness (QED) is 0.694. The molecule has 0 radical (unpaired) electrons. The van der Waals surface area contributed by atoms with Gasteiger partial charge in [-0.25, -0.2) is 17.9 Å². The average Bonchev–Trinajstić information content (AvgIpc) is 2.13. The van der Waals surface area contributed by atoms with Gasteiger partial charge in [-0.3, -0.25) is 4.79 Å². The topological polar surface area (TPSA) is 127 Å². The summed E-state index contributed by atoms with van der Waals surface area (Å²) in [6.45, 7) is 1.00. The van der Waals surface area contributed by atoms with Crippen molar-refractivity contribution in [3.05, 3.63) is 22.7 Å². The number of carboxylic acid groups (broad SMARTS) is 1. The summed E-state index contributed by atoms with van der Waals surface area (Å²) in [6.07, 6.45) is 0. The summed E-state index contributed by atoms with van der Waals surface area (Å²) in [4.78, 5) is 21.1. The summed E-state index contributed by atoms with van der Waals surface area (Å²) in [7, 11) is -4.21. The molecule has 0 aliphatic carbocycles. The number of anilines is 1. The van der Waals surface area contributed by atoms with E-state index in [9.17, 15) is 18.0 Å². The number of rotatable bonds is 3. The predicted molar refractivity (Wildman–Crippen MR) is 63.8 cm³/mol. The molecule has 0 heterocycles. The zero-order chi connectivity index (χ0) is 14.1. The van der Waals surface area contributed by atoms with Crippen molar-refractivity contribution in [1.82, 2.24) is 4.72 Å². The van der Waals surface area contributed by atoms with E-state index in [1.54, 1.807) is 4.72 Å². The van der Waals surface area contributed by atoms with Crippen molar-refractivity contribution < 1.29 is 23.1 Å². The smallest absolute Gasteiger partial charge is 0.337 e. The summed E-state index contributed by atoms with van der Waals surface area (Å²) < 4.78 is 25.1. The number of benzene rings is 1. The van der Waals surface area contributed by atoms with Gasteiger partial charge in [0.2, 0.25) is 5.91 Å². The minimum atomic E-state index is -4.21. The summed E-state index contributed by atoms with van der Waals surface area (Å²) >= 11 is 5.67. The van der Waals surface area contributed by atoms with Crippen LogP contribution in [0, 0.1) is 0 Å². The normalized spacial score (nSPS) is 11.0. The fourth-order valence-electron chi connectivity index (χ4n) is 1.20. The van der Waals surface area contributed by atoms with Crippen molar-refractivity contribution in [1.29, 1.82) is 0 Å². The molecular weight excluding hydrogens is 284 g/mol. The number of aromatic carboxylic acids is 1. The van der Waals surface area contributed by atoms with Gasteiger partial charge in [-0.1, -0.05) is 11.6 Å². The number of carbonyl (C=O) groups excluding carboxylic acids is 1. The van der Waals surface area contributed by atoms with E-state index in [4.69, 9.17) is 22.4 Å². The molecule has 0 saturated carbocycles. The summed E-state index contributed by atoms with van der Waals surface area (Å²) in [6, 6.07) is 1.80. The van der Waals surface area contributed by atoms with Crippen molar-refractivity contribution in [2.24, 2.45) is 0 Å². The third-order valence-electron chi connectivity index (χ3n) is 1.90. The van der Waals surface area contributed by atoms with E-state index >= 15 is 0 Å². The zero-order valence-electron chi connectivity index (χ0n) is 9.10. The lowest BCUT2D eigenvalue weighted by Crippen LogP contribution is -2.28. The van der Waals surface area contributed by atoms with E-state index < -0.39 is 32.4 Å². The Labute approximate surface area is 108 Å². The van der Waals surface area contributed by atoms with Gasteiger partial charge >= 0.3 is 5.97 Å². The second-order valence-electron chi connectivity index (χ2n) is 3.34. The highest BCUT2D eigenvalue weighted by Crippen LogP contribution is 2.27. The highest BCUT2D eigenvalue weighted by Gasteiger charge is 2.22. The van der Waals surface area contributed by atoms with Gasteiger partial charge in [0.25, 0.3) is 10.0 Å². The second-order valence-corrected chi connectivity index (χ2v) is 5.39. The molecule has 9 heteroatoms. The Morgan fingerprint density at radius 3 is 2.39 bits per heavy atom. The molecule has 1 rings (SSSR count). The molecule has 18 heavy (non-hydrogen) atoms. The number of carbonyl (C=O) groups is 2. The first-order chi connectivity index (χ1) is 8.15. The van der Waals surface area contributed by atoms with Crippen molar-refractivity contribution in [3.63, 3.8) is 0 Å². The molecule has 0 unspecified atom stereocenters. The molecule has 0 aliphatic rings. The van der Waals surface area contributed by atoms with Crippen LogP contribution >= 0.6 is 11.6 Å². The molecule has 0 bridgehead atoms. The molecule has 0 aromatic heterocycles.